The van der Waals surface area contributed by atoms with Crippen molar-refractivity contribution in [3.05, 3.63) is 35.9 Å². The molecule has 1 heterocycles. The molecule has 20 heavy (non-hydrogen) atoms. The first-order valence-corrected chi connectivity index (χ1v) is 7.17. The van der Waals surface area contributed by atoms with Gasteiger partial charge in [-0.2, -0.15) is 0 Å². The average Bonchev–Trinajstić information content (AvgIpc) is 2.96. The summed E-state index contributed by atoms with van der Waals surface area (Å²) in [5, 5.41) is 2.99. The largest absolute Gasteiger partial charge is 0.336 e. The van der Waals surface area contributed by atoms with Crippen molar-refractivity contribution in [3.8, 4) is 0 Å². The first kappa shape index (κ1) is 13.2. The Morgan fingerprint density at radius 2 is 1.70 bits per heavy atom. The van der Waals surface area contributed by atoms with Gasteiger partial charge < -0.3 is 10.2 Å². The second-order valence-corrected chi connectivity index (χ2v) is 6.05. The maximum Gasteiger partial charge on any atom is 0.253 e. The van der Waals surface area contributed by atoms with Crippen molar-refractivity contribution in [1.29, 1.82) is 0 Å². The Balaban J connectivity index is 2.02. The van der Waals surface area contributed by atoms with Gasteiger partial charge in [-0.15, -0.1) is 0 Å². The van der Waals surface area contributed by atoms with E-state index in [0.29, 0.717) is 0 Å². The number of benzene rings is 1. The molecule has 1 aliphatic heterocycles. The zero-order valence-electron chi connectivity index (χ0n) is 12.0. The van der Waals surface area contributed by atoms with Crippen LogP contribution in [-0.2, 0) is 15.1 Å². The van der Waals surface area contributed by atoms with Crippen LogP contribution in [0.25, 0.3) is 0 Å². The van der Waals surface area contributed by atoms with Gasteiger partial charge in [-0.3, -0.25) is 9.59 Å². The van der Waals surface area contributed by atoms with Crippen molar-refractivity contribution in [2.45, 2.75) is 43.7 Å². The Labute approximate surface area is 119 Å². The van der Waals surface area contributed by atoms with Gasteiger partial charge in [-0.25, -0.2) is 0 Å². The number of hydrogen-bond acceptors (Lipinski definition) is 2. The van der Waals surface area contributed by atoms with E-state index in [1.807, 2.05) is 30.3 Å². The summed E-state index contributed by atoms with van der Waals surface area (Å²) >= 11 is 0. The van der Waals surface area contributed by atoms with Crippen LogP contribution in [0.1, 0.15) is 38.2 Å². The van der Waals surface area contributed by atoms with Gasteiger partial charge in [-0.1, -0.05) is 43.2 Å². The van der Waals surface area contributed by atoms with E-state index in [-0.39, 0.29) is 11.8 Å². The molecular weight excluding hydrogens is 252 g/mol. The molecule has 3 rings (SSSR count). The van der Waals surface area contributed by atoms with E-state index < -0.39 is 11.1 Å². The fraction of sp³-hybridized carbons (Fsp3) is 0.500. The van der Waals surface area contributed by atoms with Crippen molar-refractivity contribution >= 4 is 11.8 Å². The maximum atomic E-state index is 12.9. The van der Waals surface area contributed by atoms with E-state index in [1.54, 1.807) is 18.9 Å². The average molecular weight is 272 g/mol. The van der Waals surface area contributed by atoms with Crippen LogP contribution >= 0.6 is 0 Å². The number of likely N-dealkylation sites (N-methyl/N-ethyl adjacent to an activating group) is 1. The first-order valence-electron chi connectivity index (χ1n) is 7.17. The molecule has 2 amide bonds. The molecular formula is C16H20N2O2. The Morgan fingerprint density at radius 3 is 2.30 bits per heavy atom. The normalized spacial score (nSPS) is 28.8. The standard InChI is InChI=1S/C16H20N2O2/c1-15(12-8-4-3-5-9-12)14(20)18(2)16(13(19)17-15)10-6-7-11-16/h3-5,8-9H,6-7,10-11H2,1-2H3,(H,17,19). The van der Waals surface area contributed by atoms with E-state index in [4.69, 9.17) is 0 Å². The SMILES string of the molecule is CN1C(=O)C(C)(c2ccccc2)NC(=O)C12CCCC2. The van der Waals surface area contributed by atoms with Crippen LogP contribution in [0.2, 0.25) is 0 Å². The molecule has 1 spiro atoms. The van der Waals surface area contributed by atoms with Crippen LogP contribution in [0.4, 0.5) is 0 Å². The summed E-state index contributed by atoms with van der Waals surface area (Å²) in [6, 6.07) is 9.46. The minimum Gasteiger partial charge on any atom is -0.336 e. The van der Waals surface area contributed by atoms with Gasteiger partial charge >= 0.3 is 0 Å². The van der Waals surface area contributed by atoms with E-state index in [9.17, 15) is 9.59 Å². The molecule has 106 valence electrons. The Bertz CT molecular complexity index is 549. The molecule has 1 saturated heterocycles. The predicted molar refractivity (Wildman–Crippen MR) is 75.9 cm³/mol. The third-order valence-corrected chi connectivity index (χ3v) is 4.94. The predicted octanol–water partition coefficient (Wildman–Crippen LogP) is 1.80. The molecule has 4 nitrogen and oxygen atoms in total. The van der Waals surface area contributed by atoms with Gasteiger partial charge in [0.15, 0.2) is 0 Å². The quantitative estimate of drug-likeness (QED) is 0.847. The number of piperazine rings is 1. The fourth-order valence-corrected chi connectivity index (χ4v) is 3.57. The fourth-order valence-electron chi connectivity index (χ4n) is 3.57. The van der Waals surface area contributed by atoms with Crippen LogP contribution in [0.3, 0.4) is 0 Å². The molecule has 1 aliphatic carbocycles. The minimum absolute atomic E-state index is 0.0107. The highest BCUT2D eigenvalue weighted by Crippen LogP contribution is 2.41. The van der Waals surface area contributed by atoms with Crippen molar-refractivity contribution in [3.63, 3.8) is 0 Å². The number of carbonyl (C=O) groups is 2. The lowest BCUT2D eigenvalue weighted by Gasteiger charge is -2.48. The van der Waals surface area contributed by atoms with Gasteiger partial charge in [0, 0.05) is 7.05 Å². The number of amides is 2. The summed E-state index contributed by atoms with van der Waals surface area (Å²) in [5.74, 6) is -0.0337. The Hall–Kier alpha value is -1.84. The van der Waals surface area contributed by atoms with Gasteiger partial charge in [0.1, 0.15) is 11.1 Å². The molecule has 2 aliphatic rings. The first-order chi connectivity index (χ1) is 9.51. The highest BCUT2D eigenvalue weighted by atomic mass is 16.2. The number of nitrogens with zero attached hydrogens (tertiary/aromatic N) is 1. The molecule has 1 atom stereocenters. The lowest BCUT2D eigenvalue weighted by Crippen LogP contribution is -2.71. The Kier molecular flexibility index (Phi) is 2.85. The van der Waals surface area contributed by atoms with Crippen LogP contribution in [0, 0.1) is 0 Å². The lowest BCUT2D eigenvalue weighted by molar-refractivity contribution is -0.160. The zero-order chi connectivity index (χ0) is 14.4. The molecule has 0 aromatic heterocycles. The van der Waals surface area contributed by atoms with Crippen molar-refractivity contribution in [2.75, 3.05) is 7.05 Å². The van der Waals surface area contributed by atoms with Crippen molar-refractivity contribution in [1.82, 2.24) is 10.2 Å². The molecule has 1 N–H and O–H groups in total. The minimum atomic E-state index is -0.957. The summed E-state index contributed by atoms with van der Waals surface area (Å²) in [5.41, 5.74) is -0.746. The third kappa shape index (κ3) is 1.60. The molecule has 1 unspecified atom stereocenters. The number of hydrogen-bond donors (Lipinski definition) is 1. The second kappa shape index (κ2) is 4.33. The van der Waals surface area contributed by atoms with E-state index >= 15 is 0 Å². The topological polar surface area (TPSA) is 49.4 Å². The summed E-state index contributed by atoms with van der Waals surface area (Å²) in [6.45, 7) is 1.79. The van der Waals surface area contributed by atoms with E-state index in [1.165, 1.54) is 0 Å². The second-order valence-electron chi connectivity index (χ2n) is 6.05. The lowest BCUT2D eigenvalue weighted by atomic mass is 9.81. The molecule has 0 radical (unpaired) electrons. The van der Waals surface area contributed by atoms with Crippen molar-refractivity contribution < 1.29 is 9.59 Å². The number of rotatable bonds is 1. The van der Waals surface area contributed by atoms with E-state index in [2.05, 4.69) is 5.32 Å². The van der Waals surface area contributed by atoms with Crippen molar-refractivity contribution in [2.24, 2.45) is 0 Å². The van der Waals surface area contributed by atoms with Crippen LogP contribution in [0.15, 0.2) is 30.3 Å². The maximum absolute atomic E-state index is 12.9. The van der Waals surface area contributed by atoms with Gasteiger partial charge in [0.25, 0.3) is 5.91 Å². The molecule has 1 aromatic rings. The summed E-state index contributed by atoms with van der Waals surface area (Å²) in [7, 11) is 1.77. The third-order valence-electron chi connectivity index (χ3n) is 4.94. The highest BCUT2D eigenvalue weighted by molar-refractivity contribution is 6.02. The number of nitrogens with one attached hydrogen (secondary N) is 1. The zero-order valence-corrected chi connectivity index (χ0v) is 12.0. The summed E-state index contributed by atoms with van der Waals surface area (Å²) < 4.78 is 0. The summed E-state index contributed by atoms with van der Waals surface area (Å²) in [6.07, 6.45) is 3.55. The molecule has 4 heteroatoms. The smallest absolute Gasteiger partial charge is 0.253 e. The molecule has 1 aromatic carbocycles. The van der Waals surface area contributed by atoms with Gasteiger partial charge in [-0.05, 0) is 25.3 Å². The van der Waals surface area contributed by atoms with E-state index in [0.717, 1.165) is 31.2 Å². The molecule has 0 bridgehead atoms. The van der Waals surface area contributed by atoms with Gasteiger partial charge in [0.05, 0.1) is 0 Å². The van der Waals surface area contributed by atoms with Crippen LogP contribution in [-0.4, -0.2) is 29.3 Å². The van der Waals surface area contributed by atoms with Crippen LogP contribution in [0.5, 0.6) is 0 Å². The summed E-state index contributed by atoms with van der Waals surface area (Å²) in [4.78, 5) is 27.2. The molecule has 2 fully saturated rings. The molecule has 1 saturated carbocycles. The van der Waals surface area contributed by atoms with Crippen LogP contribution < -0.4 is 5.32 Å². The number of carbonyl (C=O) groups excluding carboxylic acids is 2. The van der Waals surface area contributed by atoms with Gasteiger partial charge in [0.2, 0.25) is 5.91 Å². The highest BCUT2D eigenvalue weighted by Gasteiger charge is 2.56. The Morgan fingerprint density at radius 1 is 1.10 bits per heavy atom. The monoisotopic (exact) mass is 272 g/mol.